The van der Waals surface area contributed by atoms with Gasteiger partial charge in [-0.25, -0.2) is 0 Å². The van der Waals surface area contributed by atoms with Gasteiger partial charge in [0.05, 0.1) is 5.69 Å². The molecule has 2 nitrogen and oxygen atoms in total. The summed E-state index contributed by atoms with van der Waals surface area (Å²) in [5.41, 5.74) is 9.32. The van der Waals surface area contributed by atoms with Gasteiger partial charge in [0.15, 0.2) is 0 Å². The van der Waals surface area contributed by atoms with Gasteiger partial charge in [-0.1, -0.05) is 100 Å². The summed E-state index contributed by atoms with van der Waals surface area (Å²) in [6.07, 6.45) is 11.3. The Hall–Kier alpha value is -3.13. The molecular formula is C33H48N2. The summed E-state index contributed by atoms with van der Waals surface area (Å²) in [4.78, 5) is 4.60. The average Bonchev–Trinajstić information content (AvgIpc) is 2.84. The summed E-state index contributed by atoms with van der Waals surface area (Å²) < 4.78 is 0. The number of aryl methyl sites for hydroxylation is 3. The number of unbranched alkanes of at least 4 members (excludes halogenated alkanes) is 1. The summed E-state index contributed by atoms with van der Waals surface area (Å²) in [7, 11) is 0. The number of benzene rings is 2. The number of rotatable bonds is 10. The third-order valence-corrected chi connectivity index (χ3v) is 5.04. The summed E-state index contributed by atoms with van der Waals surface area (Å²) in [6.45, 7) is 25.4. The molecule has 0 aliphatic heterocycles. The fourth-order valence-electron chi connectivity index (χ4n) is 2.95. The molecule has 2 heteroatoms. The van der Waals surface area contributed by atoms with E-state index in [9.17, 15) is 0 Å². The number of allylic oxidation sites excluding steroid dienone is 5. The van der Waals surface area contributed by atoms with E-state index in [0.717, 1.165) is 36.3 Å². The predicted molar refractivity (Wildman–Crippen MR) is 160 cm³/mol. The number of aliphatic imine (C=N–C) groups is 1. The number of hydrogen-bond acceptors (Lipinski definition) is 2. The topological polar surface area (TPSA) is 24.4 Å². The highest BCUT2D eigenvalue weighted by atomic mass is 14.9. The zero-order valence-corrected chi connectivity index (χ0v) is 23.5. The Bertz CT molecular complexity index is 973. The van der Waals surface area contributed by atoms with Crippen molar-refractivity contribution in [3.05, 3.63) is 113 Å². The Kier molecular flexibility index (Phi) is 17.5. The van der Waals surface area contributed by atoms with Gasteiger partial charge in [0.1, 0.15) is 0 Å². The van der Waals surface area contributed by atoms with Gasteiger partial charge < -0.3 is 5.32 Å². The monoisotopic (exact) mass is 472 g/mol. The van der Waals surface area contributed by atoms with E-state index in [1.54, 1.807) is 0 Å². The average molecular weight is 473 g/mol. The van der Waals surface area contributed by atoms with Crippen LogP contribution in [0.15, 0.2) is 95.7 Å². The van der Waals surface area contributed by atoms with Gasteiger partial charge in [-0.15, -0.1) is 0 Å². The Balaban J connectivity index is 0.000000742. The van der Waals surface area contributed by atoms with Crippen LogP contribution in [0.2, 0.25) is 0 Å². The van der Waals surface area contributed by atoms with E-state index in [1.165, 1.54) is 34.2 Å². The lowest BCUT2D eigenvalue weighted by atomic mass is 10.1. The fraction of sp³-hybridized carbons (Fsp3) is 0.364. The SMILES string of the molecule is C=C(/C=C\C(C=Nc1cc(C)ccc1C)=C/C)NCCCC.C=C(C)Cc1ccc(C)cc1.CC. The molecule has 0 atom stereocenters. The molecule has 0 saturated carbocycles. The zero-order valence-electron chi connectivity index (χ0n) is 23.5. The lowest BCUT2D eigenvalue weighted by Crippen LogP contribution is -2.11. The Morgan fingerprint density at radius 2 is 1.57 bits per heavy atom. The third kappa shape index (κ3) is 15.4. The fourth-order valence-corrected chi connectivity index (χ4v) is 2.95. The lowest BCUT2D eigenvalue weighted by molar-refractivity contribution is 0.721. The number of hydrogen-bond donors (Lipinski definition) is 1. The standard InChI is InChI=1S/C20H28N2.C11H14.C2H6/c1-6-8-13-21-18(5)11-12-19(7-2)15-22-20-14-16(3)9-10-17(20)4;1-9(2)8-11-6-4-10(3)5-7-11;1-2/h7,9-12,14-15,21H,5-6,8,13H2,1-4H3;4-7H,1,8H2,2-3H3;1-2H3/b12-11-,19-7+,22-15?;;. The van der Waals surface area contributed by atoms with E-state index in [-0.39, 0.29) is 0 Å². The van der Waals surface area contributed by atoms with Crippen LogP contribution in [-0.2, 0) is 6.42 Å². The first kappa shape index (κ1) is 31.9. The van der Waals surface area contributed by atoms with Gasteiger partial charge in [0.25, 0.3) is 0 Å². The molecule has 0 heterocycles. The van der Waals surface area contributed by atoms with Crippen LogP contribution in [-0.4, -0.2) is 12.8 Å². The second kappa shape index (κ2) is 19.2. The van der Waals surface area contributed by atoms with Crippen molar-refractivity contribution in [1.29, 1.82) is 0 Å². The van der Waals surface area contributed by atoms with Crippen LogP contribution < -0.4 is 5.32 Å². The van der Waals surface area contributed by atoms with E-state index in [4.69, 9.17) is 0 Å². The largest absolute Gasteiger partial charge is 0.386 e. The van der Waals surface area contributed by atoms with Crippen LogP contribution in [0.5, 0.6) is 0 Å². The molecule has 0 unspecified atom stereocenters. The van der Waals surface area contributed by atoms with Gasteiger partial charge >= 0.3 is 0 Å². The van der Waals surface area contributed by atoms with Crippen LogP contribution in [0.25, 0.3) is 0 Å². The molecule has 2 rings (SSSR count). The molecule has 0 bridgehead atoms. The van der Waals surface area contributed by atoms with E-state index in [0.29, 0.717) is 0 Å². The van der Waals surface area contributed by atoms with Crippen LogP contribution >= 0.6 is 0 Å². The van der Waals surface area contributed by atoms with Crippen molar-refractivity contribution in [3.8, 4) is 0 Å². The smallest absolute Gasteiger partial charge is 0.0661 e. The van der Waals surface area contributed by atoms with Gasteiger partial charge in [0.2, 0.25) is 0 Å². The van der Waals surface area contributed by atoms with Crippen LogP contribution in [0.1, 0.15) is 69.7 Å². The normalized spacial score (nSPS) is 10.9. The maximum Gasteiger partial charge on any atom is 0.0661 e. The minimum absolute atomic E-state index is 0.938. The highest BCUT2D eigenvalue weighted by Crippen LogP contribution is 2.19. The molecule has 0 aliphatic rings. The summed E-state index contributed by atoms with van der Waals surface area (Å²) >= 11 is 0. The Morgan fingerprint density at radius 3 is 2.14 bits per heavy atom. The van der Waals surface area contributed by atoms with Crippen molar-refractivity contribution >= 4 is 11.9 Å². The first-order valence-corrected chi connectivity index (χ1v) is 12.8. The van der Waals surface area contributed by atoms with Crippen LogP contribution in [0.4, 0.5) is 5.69 Å². The highest BCUT2D eigenvalue weighted by molar-refractivity contribution is 5.84. The number of nitrogens with zero attached hydrogens (tertiary/aromatic N) is 1. The second-order valence-electron chi connectivity index (χ2n) is 8.60. The number of nitrogens with one attached hydrogen (secondary N) is 1. The van der Waals surface area contributed by atoms with E-state index < -0.39 is 0 Å². The van der Waals surface area contributed by atoms with Crippen LogP contribution in [0, 0.1) is 20.8 Å². The maximum atomic E-state index is 4.60. The maximum absolute atomic E-state index is 4.60. The van der Waals surface area contributed by atoms with Crippen molar-refractivity contribution in [2.45, 2.75) is 74.7 Å². The molecule has 190 valence electrons. The van der Waals surface area contributed by atoms with Crippen molar-refractivity contribution in [1.82, 2.24) is 5.32 Å². The molecule has 0 aromatic heterocycles. The summed E-state index contributed by atoms with van der Waals surface area (Å²) in [5.74, 6) is 0. The van der Waals surface area contributed by atoms with E-state index in [1.807, 2.05) is 45.2 Å². The zero-order chi connectivity index (χ0) is 26.6. The molecular weight excluding hydrogens is 424 g/mol. The van der Waals surface area contributed by atoms with E-state index >= 15 is 0 Å². The predicted octanol–water partition coefficient (Wildman–Crippen LogP) is 9.55. The Labute approximate surface area is 216 Å². The van der Waals surface area contributed by atoms with Gasteiger partial charge in [-0.2, -0.15) is 0 Å². The first-order chi connectivity index (χ1) is 16.7. The molecule has 0 saturated heterocycles. The molecule has 35 heavy (non-hydrogen) atoms. The van der Waals surface area contributed by atoms with Crippen molar-refractivity contribution < 1.29 is 0 Å². The molecule has 0 radical (unpaired) electrons. The van der Waals surface area contributed by atoms with Gasteiger partial charge in [-0.3, -0.25) is 4.99 Å². The summed E-state index contributed by atoms with van der Waals surface area (Å²) in [6, 6.07) is 14.9. The first-order valence-electron chi connectivity index (χ1n) is 12.8. The third-order valence-electron chi connectivity index (χ3n) is 5.04. The molecule has 2 aromatic rings. The molecule has 1 N–H and O–H groups in total. The molecule has 0 aliphatic carbocycles. The van der Waals surface area contributed by atoms with E-state index in [2.05, 4.69) is 101 Å². The highest BCUT2D eigenvalue weighted by Gasteiger charge is 1.96. The van der Waals surface area contributed by atoms with Gasteiger partial charge in [0, 0.05) is 18.5 Å². The van der Waals surface area contributed by atoms with Crippen molar-refractivity contribution in [2.75, 3.05) is 6.54 Å². The van der Waals surface area contributed by atoms with Crippen LogP contribution in [0.3, 0.4) is 0 Å². The minimum Gasteiger partial charge on any atom is -0.386 e. The molecule has 0 amide bonds. The van der Waals surface area contributed by atoms with Crippen molar-refractivity contribution in [2.24, 2.45) is 4.99 Å². The Morgan fingerprint density at radius 1 is 0.943 bits per heavy atom. The van der Waals surface area contributed by atoms with Crippen molar-refractivity contribution in [3.63, 3.8) is 0 Å². The summed E-state index contributed by atoms with van der Waals surface area (Å²) in [5, 5.41) is 3.30. The minimum atomic E-state index is 0.938. The molecule has 0 fully saturated rings. The molecule has 2 aromatic carbocycles. The lowest BCUT2D eigenvalue weighted by Gasteiger charge is -2.04. The molecule has 0 spiro atoms. The second-order valence-corrected chi connectivity index (χ2v) is 8.60. The van der Waals surface area contributed by atoms with Gasteiger partial charge in [-0.05, 0) is 81.9 Å². The quantitative estimate of drug-likeness (QED) is 0.158.